The Hall–Kier alpha value is -3.51. The molecule has 3 heterocycles. The maximum atomic E-state index is 15.5. The van der Waals surface area contributed by atoms with Gasteiger partial charge in [0.05, 0.1) is 41.2 Å². The lowest BCUT2D eigenvalue weighted by Gasteiger charge is -2.24. The van der Waals surface area contributed by atoms with Gasteiger partial charge < -0.3 is 25.6 Å². The number of aliphatic hydroxyl groups is 2. The van der Waals surface area contributed by atoms with Crippen molar-refractivity contribution in [3.8, 4) is 28.0 Å². The number of fused-ring (bicyclic) bond motifs is 1. The number of carbonyl (C=O) groups excluding carboxylic acids is 1. The van der Waals surface area contributed by atoms with Gasteiger partial charge in [-0.3, -0.25) is 14.4 Å². The van der Waals surface area contributed by atoms with Crippen molar-refractivity contribution in [2.75, 3.05) is 38.7 Å². The maximum absolute atomic E-state index is 15.5. The van der Waals surface area contributed by atoms with E-state index in [-0.39, 0.29) is 18.3 Å². The minimum absolute atomic E-state index is 0.0139. The largest absolute Gasteiger partial charge is 0.496 e. The van der Waals surface area contributed by atoms with Gasteiger partial charge in [-0.2, -0.15) is 5.10 Å². The number of amides is 1. The topological polar surface area (TPSA) is 112 Å². The molecule has 2 atom stereocenters. The molecule has 0 spiro atoms. The summed E-state index contributed by atoms with van der Waals surface area (Å²) in [7, 11) is 1.50. The van der Waals surface area contributed by atoms with Crippen LogP contribution in [0.3, 0.4) is 0 Å². The van der Waals surface area contributed by atoms with Crippen molar-refractivity contribution in [3.05, 3.63) is 87.4 Å². The number of ether oxygens (including phenoxy) is 1. The number of β-amino-alcohol motifs (C(OH)–C–C–N with tert-alkyl or cyclic N) is 1. The van der Waals surface area contributed by atoms with Crippen LogP contribution in [0, 0.1) is 5.82 Å². The summed E-state index contributed by atoms with van der Waals surface area (Å²) >= 11 is 13.8. The van der Waals surface area contributed by atoms with Crippen LogP contribution in [0.5, 0.6) is 5.75 Å². The summed E-state index contributed by atoms with van der Waals surface area (Å²) < 4.78 is 22.9. The van der Waals surface area contributed by atoms with Gasteiger partial charge in [0, 0.05) is 61.0 Å². The lowest BCUT2D eigenvalue weighted by atomic mass is 9.97. The number of carbonyl (C=O) groups is 1. The Morgan fingerprint density at radius 1 is 1.07 bits per heavy atom. The van der Waals surface area contributed by atoms with E-state index in [1.807, 2.05) is 27.8 Å². The molecule has 4 N–H and O–H groups in total. The molecule has 1 amide bonds. The van der Waals surface area contributed by atoms with Crippen LogP contribution < -0.4 is 15.4 Å². The van der Waals surface area contributed by atoms with Crippen LogP contribution in [0.2, 0.25) is 10.0 Å². The van der Waals surface area contributed by atoms with Crippen LogP contribution in [0.15, 0.2) is 54.6 Å². The fourth-order valence-electron chi connectivity index (χ4n) is 6.31. The Kier molecular flexibility index (Phi) is 9.93. The third-order valence-corrected chi connectivity index (χ3v) is 9.43. The van der Waals surface area contributed by atoms with Crippen LogP contribution >= 0.6 is 23.2 Å². The van der Waals surface area contributed by atoms with E-state index < -0.39 is 17.8 Å². The van der Waals surface area contributed by atoms with E-state index >= 15 is 4.39 Å². The van der Waals surface area contributed by atoms with Crippen molar-refractivity contribution in [1.82, 2.24) is 20.0 Å². The number of hydrogen-bond acceptors (Lipinski definition) is 7. The number of benzene rings is 3. The molecule has 0 radical (unpaired) electrons. The Morgan fingerprint density at radius 2 is 1.83 bits per heavy atom. The average Bonchev–Trinajstić information content (AvgIpc) is 3.68. The van der Waals surface area contributed by atoms with Gasteiger partial charge in [-0.1, -0.05) is 53.5 Å². The van der Waals surface area contributed by atoms with Crippen LogP contribution in [0.25, 0.3) is 22.3 Å². The number of aromatic nitrogens is 2. The molecule has 9 nitrogen and oxygen atoms in total. The van der Waals surface area contributed by atoms with Crippen molar-refractivity contribution in [2.45, 2.75) is 44.5 Å². The van der Waals surface area contributed by atoms with Crippen molar-refractivity contribution in [2.24, 2.45) is 0 Å². The zero-order valence-electron chi connectivity index (χ0n) is 25.4. The molecular weight excluding hydrogens is 632 g/mol. The number of halogens is 3. The Balaban J connectivity index is 1.26. The first kappa shape index (κ1) is 32.4. The number of aryl methyl sites for hydroxylation is 1. The number of anilines is 1. The number of rotatable bonds is 10. The van der Waals surface area contributed by atoms with Crippen LogP contribution in [-0.2, 0) is 13.1 Å². The van der Waals surface area contributed by atoms with Gasteiger partial charge in [-0.25, -0.2) is 4.39 Å². The molecule has 46 heavy (non-hydrogen) atoms. The van der Waals surface area contributed by atoms with Gasteiger partial charge in [0.25, 0.3) is 5.91 Å². The number of aliphatic hydroxyl groups excluding tert-OH is 2. The smallest absolute Gasteiger partial charge is 0.276 e. The van der Waals surface area contributed by atoms with Gasteiger partial charge in [0.2, 0.25) is 0 Å². The highest BCUT2D eigenvalue weighted by molar-refractivity contribution is 6.39. The van der Waals surface area contributed by atoms with Crippen LogP contribution in [0.4, 0.5) is 10.1 Å². The van der Waals surface area contributed by atoms with Crippen molar-refractivity contribution in [3.63, 3.8) is 0 Å². The van der Waals surface area contributed by atoms with E-state index in [4.69, 9.17) is 27.9 Å². The lowest BCUT2D eigenvalue weighted by molar-refractivity contribution is 0.102. The van der Waals surface area contributed by atoms with Gasteiger partial charge in [0.1, 0.15) is 11.6 Å². The highest BCUT2D eigenvalue weighted by atomic mass is 35.5. The standard InChI is InChI=1S/C34H36Cl2FN5O4/c1-46-31-16-20(15-26(37)25(31)19-41-13-10-21(44)18-41)22-5-2-6-23(32(22)35)24-7-3-8-28(33(24)36)39-34(45)29-17-30-27(38-11-14-43)9-4-12-42(30)40-29/h2-3,5-8,15-17,21,27,38,43-44H,4,9-14,18-19H2,1H3,(H,39,45)/t21-,27?/m1/s1. The maximum Gasteiger partial charge on any atom is 0.276 e. The molecule has 1 fully saturated rings. The minimum Gasteiger partial charge on any atom is -0.496 e. The van der Waals surface area contributed by atoms with Crippen LogP contribution in [-0.4, -0.2) is 70.3 Å². The summed E-state index contributed by atoms with van der Waals surface area (Å²) in [6, 6.07) is 15.7. The van der Waals surface area contributed by atoms with Gasteiger partial charge in [0.15, 0.2) is 5.69 Å². The fourth-order valence-corrected chi connectivity index (χ4v) is 6.92. The summed E-state index contributed by atoms with van der Waals surface area (Å²) in [6.07, 6.45) is 2.07. The Bertz CT molecular complexity index is 1750. The lowest BCUT2D eigenvalue weighted by Crippen LogP contribution is -2.29. The van der Waals surface area contributed by atoms with Crippen LogP contribution in [0.1, 0.15) is 47.1 Å². The molecule has 0 saturated carbocycles. The SMILES string of the molecule is COc1cc(-c2cccc(-c3cccc(NC(=O)c4cc5n(n4)CCCC5NCCO)c3Cl)c2Cl)cc(F)c1CN1CC[C@@H](O)C1. The summed E-state index contributed by atoms with van der Waals surface area (Å²) in [5.74, 6) is -0.415. The molecule has 4 aromatic rings. The summed E-state index contributed by atoms with van der Waals surface area (Å²) in [6.45, 7) is 2.72. The third-order valence-electron chi connectivity index (χ3n) is 8.62. The normalized spacial score (nSPS) is 18.0. The molecule has 3 aromatic carbocycles. The summed E-state index contributed by atoms with van der Waals surface area (Å²) in [5, 5.41) is 30.5. The first-order valence-electron chi connectivity index (χ1n) is 15.3. The highest BCUT2D eigenvalue weighted by Gasteiger charge is 2.26. The molecule has 0 bridgehead atoms. The summed E-state index contributed by atoms with van der Waals surface area (Å²) in [5.41, 5.74) is 4.36. The van der Waals surface area contributed by atoms with Gasteiger partial charge in [-0.15, -0.1) is 0 Å². The van der Waals surface area contributed by atoms with Gasteiger partial charge >= 0.3 is 0 Å². The quantitative estimate of drug-likeness (QED) is 0.166. The van der Waals surface area contributed by atoms with E-state index in [9.17, 15) is 15.0 Å². The van der Waals surface area contributed by atoms with E-state index in [0.717, 1.165) is 18.5 Å². The van der Waals surface area contributed by atoms with E-state index in [1.54, 1.807) is 30.3 Å². The number of nitrogens with zero attached hydrogens (tertiary/aromatic N) is 3. The highest BCUT2D eigenvalue weighted by Crippen LogP contribution is 2.43. The van der Waals surface area contributed by atoms with E-state index in [0.29, 0.717) is 88.4 Å². The molecule has 1 aromatic heterocycles. The first-order chi connectivity index (χ1) is 22.3. The number of methoxy groups -OCH3 is 1. The molecule has 6 rings (SSSR count). The van der Waals surface area contributed by atoms with Crippen molar-refractivity contribution in [1.29, 1.82) is 0 Å². The molecule has 2 aliphatic rings. The molecule has 12 heteroatoms. The Morgan fingerprint density at radius 3 is 2.57 bits per heavy atom. The van der Waals surface area contributed by atoms with Crippen molar-refractivity contribution < 1.29 is 24.1 Å². The second kappa shape index (κ2) is 14.1. The number of likely N-dealkylation sites (tertiary alicyclic amines) is 1. The molecule has 1 unspecified atom stereocenters. The molecular formula is C34H36Cl2FN5O4. The minimum atomic E-state index is -0.420. The van der Waals surface area contributed by atoms with E-state index in [2.05, 4.69) is 15.7 Å². The zero-order valence-corrected chi connectivity index (χ0v) is 26.9. The number of nitrogens with one attached hydrogen (secondary N) is 2. The second-order valence-corrected chi connectivity index (χ2v) is 12.4. The predicted octanol–water partition coefficient (Wildman–Crippen LogP) is 5.91. The third kappa shape index (κ3) is 6.64. The zero-order chi connectivity index (χ0) is 32.4. The first-order valence-corrected chi connectivity index (χ1v) is 16.1. The van der Waals surface area contributed by atoms with Crippen molar-refractivity contribution >= 4 is 34.8 Å². The molecule has 242 valence electrons. The average molecular weight is 669 g/mol. The Labute approximate surface area is 276 Å². The summed E-state index contributed by atoms with van der Waals surface area (Å²) in [4.78, 5) is 15.3. The van der Waals surface area contributed by atoms with Gasteiger partial charge in [-0.05, 0) is 49.1 Å². The molecule has 2 aliphatic heterocycles. The molecule has 0 aliphatic carbocycles. The monoisotopic (exact) mass is 667 g/mol. The second-order valence-electron chi connectivity index (χ2n) is 11.7. The van der Waals surface area contributed by atoms with E-state index in [1.165, 1.54) is 13.2 Å². The predicted molar refractivity (Wildman–Crippen MR) is 177 cm³/mol. The molecule has 1 saturated heterocycles. The number of hydrogen-bond donors (Lipinski definition) is 4. The fraction of sp³-hybridized carbons (Fsp3) is 0.353.